The minimum atomic E-state index is -0.245. The molecule has 0 N–H and O–H groups in total. The van der Waals surface area contributed by atoms with E-state index in [1.165, 1.54) is 33.3 Å². The molecule has 0 spiro atoms. The van der Waals surface area contributed by atoms with E-state index < -0.39 is 0 Å². The molecule has 2 aliphatic rings. The van der Waals surface area contributed by atoms with Crippen molar-refractivity contribution in [2.45, 2.75) is 26.2 Å². The van der Waals surface area contributed by atoms with Gasteiger partial charge in [-0.3, -0.25) is 4.79 Å². The number of rotatable bonds is 0. The predicted octanol–water partition coefficient (Wildman–Crippen LogP) is 2.15. The summed E-state index contributed by atoms with van der Waals surface area (Å²) in [6.45, 7) is 1.36. The minimum Gasteiger partial charge on any atom is -0.469 e. The molecule has 0 radical (unpaired) electrons. The monoisotopic (exact) mass is 168 g/mol. The molecule has 2 nitrogen and oxygen atoms in total. The van der Waals surface area contributed by atoms with E-state index in [0.717, 1.165) is 11.8 Å². The van der Waals surface area contributed by atoms with Crippen LogP contribution < -0.4 is 0 Å². The van der Waals surface area contributed by atoms with E-state index in [9.17, 15) is 4.79 Å². The molecule has 2 aliphatic carbocycles. The molecule has 68 valence electrons. The summed E-state index contributed by atoms with van der Waals surface area (Å²) in [6.07, 6.45) is 9.19. The van der Waals surface area contributed by atoms with Crippen molar-refractivity contribution < 1.29 is 9.53 Å². The molecule has 0 saturated heterocycles. The molecule has 0 heterocycles. The van der Waals surface area contributed by atoms with Crippen molar-refractivity contribution >= 4 is 5.97 Å². The van der Waals surface area contributed by atoms with Crippen molar-refractivity contribution in [1.82, 2.24) is 0 Å². The summed E-state index contributed by atoms with van der Waals surface area (Å²) in [5.41, 5.74) is 0. The van der Waals surface area contributed by atoms with Crippen molar-refractivity contribution in [3.63, 3.8) is 0 Å². The summed E-state index contributed by atoms with van der Waals surface area (Å²) in [7, 11) is 1.35. The van der Waals surface area contributed by atoms with Gasteiger partial charge in [0.15, 0.2) is 0 Å². The number of methoxy groups -OCH3 is 1. The summed E-state index contributed by atoms with van der Waals surface area (Å²) in [5, 5.41) is 0. The quantitative estimate of drug-likeness (QED) is 0.409. The van der Waals surface area contributed by atoms with Gasteiger partial charge in [0.1, 0.15) is 0 Å². The van der Waals surface area contributed by atoms with Crippen molar-refractivity contribution in [2.75, 3.05) is 7.11 Å². The van der Waals surface area contributed by atoms with E-state index in [2.05, 4.69) is 16.9 Å². The second-order valence-corrected chi connectivity index (χ2v) is 3.41. The fraction of sp³-hybridized carbons (Fsp3) is 0.700. The Morgan fingerprint density at radius 1 is 1.33 bits per heavy atom. The number of carbonyl (C=O) groups excluding carboxylic acids is 1. The maximum absolute atomic E-state index is 9.59. The first kappa shape index (κ1) is 9.30. The van der Waals surface area contributed by atoms with Gasteiger partial charge < -0.3 is 4.74 Å². The lowest BCUT2D eigenvalue weighted by Crippen LogP contribution is -1.88. The number of hydrogen-bond donors (Lipinski definition) is 0. The maximum atomic E-state index is 9.59. The summed E-state index contributed by atoms with van der Waals surface area (Å²) in [5.74, 6) is 1.74. The highest BCUT2D eigenvalue weighted by molar-refractivity contribution is 5.65. The molecule has 1 saturated carbocycles. The Bertz CT molecular complexity index is 172. The van der Waals surface area contributed by atoms with Crippen LogP contribution in [0.4, 0.5) is 0 Å². The molecule has 0 aliphatic heterocycles. The first-order valence-corrected chi connectivity index (χ1v) is 4.45. The zero-order valence-corrected chi connectivity index (χ0v) is 7.75. The van der Waals surface area contributed by atoms with Gasteiger partial charge in [-0.1, -0.05) is 12.2 Å². The highest BCUT2D eigenvalue weighted by Gasteiger charge is 2.25. The van der Waals surface area contributed by atoms with Crippen LogP contribution >= 0.6 is 0 Å². The van der Waals surface area contributed by atoms with E-state index >= 15 is 0 Å². The lowest BCUT2D eigenvalue weighted by atomic mass is 10.1. The lowest BCUT2D eigenvalue weighted by molar-refractivity contribution is -0.137. The number of allylic oxidation sites excluding steroid dienone is 2. The lowest BCUT2D eigenvalue weighted by Gasteiger charge is -1.96. The molecule has 2 unspecified atom stereocenters. The van der Waals surface area contributed by atoms with Crippen LogP contribution in [0.2, 0.25) is 0 Å². The third kappa shape index (κ3) is 2.68. The first-order chi connectivity index (χ1) is 5.72. The number of fused-ring (bicyclic) bond motifs is 2. The molecular formula is C10H16O2. The van der Waals surface area contributed by atoms with Gasteiger partial charge in [0, 0.05) is 6.92 Å². The normalized spacial score (nSPS) is 29.5. The molecule has 2 rings (SSSR count). The van der Waals surface area contributed by atoms with Crippen molar-refractivity contribution in [3.8, 4) is 0 Å². The van der Waals surface area contributed by atoms with Gasteiger partial charge in [-0.25, -0.2) is 0 Å². The van der Waals surface area contributed by atoms with Crippen LogP contribution in [-0.2, 0) is 9.53 Å². The maximum Gasteiger partial charge on any atom is 0.302 e. The van der Waals surface area contributed by atoms with Gasteiger partial charge in [-0.15, -0.1) is 0 Å². The van der Waals surface area contributed by atoms with Crippen LogP contribution in [0.1, 0.15) is 26.2 Å². The third-order valence-electron chi connectivity index (χ3n) is 2.46. The van der Waals surface area contributed by atoms with Crippen LogP contribution in [0.3, 0.4) is 0 Å². The predicted molar refractivity (Wildman–Crippen MR) is 47.7 cm³/mol. The van der Waals surface area contributed by atoms with Crippen LogP contribution in [0.5, 0.6) is 0 Å². The van der Waals surface area contributed by atoms with Crippen molar-refractivity contribution in [3.05, 3.63) is 12.2 Å². The summed E-state index contributed by atoms with van der Waals surface area (Å²) >= 11 is 0. The van der Waals surface area contributed by atoms with Gasteiger partial charge in [0.05, 0.1) is 7.11 Å². The van der Waals surface area contributed by atoms with E-state index in [0.29, 0.717) is 0 Å². The number of carbonyl (C=O) groups is 1. The van der Waals surface area contributed by atoms with E-state index in [-0.39, 0.29) is 5.97 Å². The van der Waals surface area contributed by atoms with Gasteiger partial charge in [-0.05, 0) is 31.1 Å². The Morgan fingerprint density at radius 3 is 1.83 bits per heavy atom. The molecule has 0 amide bonds. The largest absolute Gasteiger partial charge is 0.469 e. The highest BCUT2D eigenvalue weighted by atomic mass is 16.5. The van der Waals surface area contributed by atoms with E-state index in [1.54, 1.807) is 0 Å². The zero-order valence-electron chi connectivity index (χ0n) is 7.75. The molecule has 2 bridgehead atoms. The van der Waals surface area contributed by atoms with Gasteiger partial charge >= 0.3 is 5.97 Å². The van der Waals surface area contributed by atoms with Crippen LogP contribution in [0.25, 0.3) is 0 Å². The SMILES string of the molecule is C1=CC2CCC1C2.COC(C)=O. The molecule has 0 aromatic heterocycles. The van der Waals surface area contributed by atoms with Crippen molar-refractivity contribution in [1.29, 1.82) is 0 Å². The zero-order chi connectivity index (χ0) is 8.97. The van der Waals surface area contributed by atoms with Gasteiger partial charge in [0.2, 0.25) is 0 Å². The molecule has 12 heavy (non-hydrogen) atoms. The number of ether oxygens (including phenoxy) is 1. The summed E-state index contributed by atoms with van der Waals surface area (Å²) < 4.78 is 4.11. The van der Waals surface area contributed by atoms with Crippen LogP contribution in [0.15, 0.2) is 12.2 Å². The topological polar surface area (TPSA) is 26.3 Å². The Kier molecular flexibility index (Phi) is 3.32. The Hall–Kier alpha value is -0.790. The van der Waals surface area contributed by atoms with E-state index in [4.69, 9.17) is 0 Å². The number of hydrogen-bond acceptors (Lipinski definition) is 2. The van der Waals surface area contributed by atoms with Crippen molar-refractivity contribution in [2.24, 2.45) is 11.8 Å². The van der Waals surface area contributed by atoms with Crippen LogP contribution in [-0.4, -0.2) is 13.1 Å². The van der Waals surface area contributed by atoms with E-state index in [1.807, 2.05) is 0 Å². The molecule has 2 heteroatoms. The molecular weight excluding hydrogens is 152 g/mol. The van der Waals surface area contributed by atoms with Gasteiger partial charge in [-0.2, -0.15) is 0 Å². The second-order valence-electron chi connectivity index (χ2n) is 3.41. The molecule has 0 aromatic carbocycles. The highest BCUT2D eigenvalue weighted by Crippen LogP contribution is 2.38. The van der Waals surface area contributed by atoms with Gasteiger partial charge in [0.25, 0.3) is 0 Å². The Balaban J connectivity index is 0.000000130. The fourth-order valence-electron chi connectivity index (χ4n) is 1.72. The Labute approximate surface area is 73.6 Å². The van der Waals surface area contributed by atoms with Crippen LogP contribution in [0, 0.1) is 11.8 Å². The smallest absolute Gasteiger partial charge is 0.302 e. The summed E-state index contributed by atoms with van der Waals surface area (Å²) in [6, 6.07) is 0. The average Bonchev–Trinajstić information content (AvgIpc) is 2.67. The minimum absolute atomic E-state index is 0.245. The average molecular weight is 168 g/mol. The molecule has 0 aromatic rings. The number of esters is 1. The molecule has 1 fully saturated rings. The third-order valence-corrected chi connectivity index (χ3v) is 2.46. The standard InChI is InChI=1S/C7H10.C3H6O2/c1-2-7-4-3-6(1)5-7;1-3(4)5-2/h1-2,6-7H,3-5H2;1-2H3. The Morgan fingerprint density at radius 2 is 1.75 bits per heavy atom. The summed E-state index contributed by atoms with van der Waals surface area (Å²) in [4.78, 5) is 9.59. The fourth-order valence-corrected chi connectivity index (χ4v) is 1.72. The molecule has 2 atom stereocenters. The second kappa shape index (κ2) is 4.29. The first-order valence-electron chi connectivity index (χ1n) is 4.45.